The average Bonchev–Trinajstić information content (AvgIpc) is 3.10. The predicted molar refractivity (Wildman–Crippen MR) is 179 cm³/mol. The fraction of sp³-hybridized carbons (Fsp3) is 0.500. The number of methoxy groups -OCH3 is 7. The van der Waals surface area contributed by atoms with E-state index >= 15 is 0 Å². The van der Waals surface area contributed by atoms with Crippen LogP contribution in [0.25, 0.3) is 21.9 Å². The molecule has 0 aliphatic heterocycles. The Morgan fingerprint density at radius 3 is 1.83 bits per heavy atom. The van der Waals surface area contributed by atoms with Gasteiger partial charge in [0.15, 0.2) is 29.8 Å². The van der Waals surface area contributed by atoms with Crippen LogP contribution in [-0.4, -0.2) is 75.1 Å². The molecular weight excluding hydrogens is 608 g/mol. The molecule has 0 unspecified atom stereocenters. The third-order valence-electron chi connectivity index (χ3n) is 7.87. The van der Waals surface area contributed by atoms with Gasteiger partial charge in [-0.05, 0) is 30.2 Å². The van der Waals surface area contributed by atoms with Gasteiger partial charge in [0.1, 0.15) is 11.3 Å². The third-order valence-corrected chi connectivity index (χ3v) is 7.87. The number of carbonyl (C=O) groups is 2. The topological polar surface area (TPSA) is 117 Å². The van der Waals surface area contributed by atoms with Crippen LogP contribution >= 0.6 is 0 Å². The summed E-state index contributed by atoms with van der Waals surface area (Å²) < 4.78 is 50.7. The Bertz CT molecular complexity index is 1500. The number of carbonyl (C=O) groups excluding carboxylic acids is 2. The Morgan fingerprint density at radius 1 is 0.617 bits per heavy atom. The maximum atomic E-state index is 14.1. The number of rotatable bonds is 20. The Morgan fingerprint density at radius 2 is 1.26 bits per heavy atom. The van der Waals surface area contributed by atoms with Crippen molar-refractivity contribution in [1.29, 1.82) is 0 Å². The summed E-state index contributed by atoms with van der Waals surface area (Å²) in [6.45, 7) is 2.12. The first kappa shape index (κ1) is 37.1. The molecule has 0 heterocycles. The first-order chi connectivity index (χ1) is 22.9. The first-order valence-electron chi connectivity index (χ1n) is 15.8. The molecule has 0 aromatic heterocycles. The second-order valence-electron chi connectivity index (χ2n) is 10.7. The molecule has 0 saturated carbocycles. The number of unbranched alkanes of at least 4 members (excludes halogenated alkanes) is 7. The fourth-order valence-corrected chi connectivity index (χ4v) is 5.60. The van der Waals surface area contributed by atoms with E-state index < -0.39 is 11.9 Å². The highest BCUT2D eigenvalue weighted by Gasteiger charge is 2.35. The second-order valence-corrected chi connectivity index (χ2v) is 10.7. The van der Waals surface area contributed by atoms with E-state index in [9.17, 15) is 9.59 Å². The van der Waals surface area contributed by atoms with Crippen molar-refractivity contribution in [3.05, 3.63) is 35.4 Å². The molecule has 0 N–H and O–H groups in total. The van der Waals surface area contributed by atoms with Crippen LogP contribution in [0.15, 0.2) is 24.3 Å². The van der Waals surface area contributed by atoms with Crippen molar-refractivity contribution in [3.63, 3.8) is 0 Å². The van der Waals surface area contributed by atoms with Gasteiger partial charge in [-0.25, -0.2) is 9.59 Å². The summed E-state index contributed by atoms with van der Waals surface area (Å²) in [6, 6.07) is 6.79. The lowest BCUT2D eigenvalue weighted by Crippen LogP contribution is -2.18. The highest BCUT2D eigenvalue weighted by atomic mass is 16.7. The molecule has 0 aliphatic rings. The van der Waals surface area contributed by atoms with Crippen LogP contribution in [0.4, 0.5) is 0 Å². The van der Waals surface area contributed by atoms with Crippen LogP contribution in [0.3, 0.4) is 0 Å². The molecule has 0 fully saturated rings. The predicted octanol–water partition coefficient (Wildman–Crippen LogP) is 7.62. The van der Waals surface area contributed by atoms with Crippen LogP contribution in [0.1, 0.15) is 79.0 Å². The summed E-state index contributed by atoms with van der Waals surface area (Å²) in [7, 11) is 10.1. The lowest BCUT2D eigenvalue weighted by Gasteiger charge is -2.24. The van der Waals surface area contributed by atoms with E-state index in [-0.39, 0.29) is 41.8 Å². The zero-order chi connectivity index (χ0) is 34.3. The molecule has 11 nitrogen and oxygen atoms in total. The van der Waals surface area contributed by atoms with Crippen molar-refractivity contribution in [3.8, 4) is 45.6 Å². The smallest absolute Gasteiger partial charge is 0.342 e. The molecule has 3 aromatic rings. The number of hydrogen-bond donors (Lipinski definition) is 0. The van der Waals surface area contributed by atoms with Gasteiger partial charge >= 0.3 is 11.9 Å². The summed E-state index contributed by atoms with van der Waals surface area (Å²) in [4.78, 5) is 27.9. The molecule has 0 radical (unpaired) electrons. The van der Waals surface area contributed by atoms with Gasteiger partial charge < -0.3 is 42.6 Å². The van der Waals surface area contributed by atoms with E-state index in [1.54, 1.807) is 24.3 Å². The van der Waals surface area contributed by atoms with Gasteiger partial charge in [-0.15, -0.1) is 0 Å². The molecule has 0 saturated heterocycles. The van der Waals surface area contributed by atoms with Crippen LogP contribution in [0.2, 0.25) is 0 Å². The Labute approximate surface area is 277 Å². The summed E-state index contributed by atoms with van der Waals surface area (Å²) in [5, 5.41) is 0.775. The summed E-state index contributed by atoms with van der Waals surface area (Å²) in [5.74, 6) is 0.156. The quantitative estimate of drug-likeness (QED) is 0.0679. The molecule has 258 valence electrons. The van der Waals surface area contributed by atoms with E-state index in [0.29, 0.717) is 45.6 Å². The minimum Gasteiger partial charge on any atom is -0.493 e. The van der Waals surface area contributed by atoms with Gasteiger partial charge in [-0.1, -0.05) is 57.9 Å². The Hall–Kier alpha value is -4.38. The summed E-state index contributed by atoms with van der Waals surface area (Å²) >= 11 is 0. The van der Waals surface area contributed by atoms with Crippen molar-refractivity contribution >= 4 is 22.7 Å². The molecule has 47 heavy (non-hydrogen) atoms. The van der Waals surface area contributed by atoms with Crippen LogP contribution in [0, 0.1) is 0 Å². The second kappa shape index (κ2) is 18.7. The largest absolute Gasteiger partial charge is 0.493 e. The third kappa shape index (κ3) is 8.51. The van der Waals surface area contributed by atoms with Gasteiger partial charge in [0.25, 0.3) is 0 Å². The summed E-state index contributed by atoms with van der Waals surface area (Å²) in [5.41, 5.74) is 0.577. The van der Waals surface area contributed by atoms with E-state index in [0.717, 1.165) is 19.3 Å². The standard InChI is InChI=1S/C36H48O11/c1-9-10-11-12-13-14-15-16-19-46-36(38)31-30(35(37)45-8)28(23-17-18-25(40-3)26(20-23)41-4)29-24(32(31)47-22-39-2)21-27(42-5)33(43-6)34(29)44-7/h17-18,20-21H,9-16,19,22H2,1-8H3. The lowest BCUT2D eigenvalue weighted by molar-refractivity contribution is 0.0415. The van der Waals surface area contributed by atoms with Crippen LogP contribution in [-0.2, 0) is 14.2 Å². The minimum atomic E-state index is -0.796. The molecule has 3 aromatic carbocycles. The lowest BCUT2D eigenvalue weighted by atomic mass is 9.87. The minimum absolute atomic E-state index is 0.0339. The van der Waals surface area contributed by atoms with Crippen molar-refractivity contribution in [2.75, 3.05) is 63.2 Å². The monoisotopic (exact) mass is 656 g/mol. The normalized spacial score (nSPS) is 10.8. The molecule has 0 aliphatic carbocycles. The molecule has 11 heteroatoms. The van der Waals surface area contributed by atoms with Crippen molar-refractivity contribution < 1.29 is 52.2 Å². The van der Waals surface area contributed by atoms with Crippen molar-refractivity contribution in [2.24, 2.45) is 0 Å². The van der Waals surface area contributed by atoms with E-state index in [1.807, 2.05) is 0 Å². The maximum absolute atomic E-state index is 14.1. The van der Waals surface area contributed by atoms with E-state index in [4.69, 9.17) is 42.6 Å². The molecular formula is C36H48O11. The van der Waals surface area contributed by atoms with Gasteiger partial charge in [-0.3, -0.25) is 0 Å². The van der Waals surface area contributed by atoms with E-state index in [2.05, 4.69) is 6.92 Å². The number of esters is 2. The van der Waals surface area contributed by atoms with Crippen molar-refractivity contribution in [2.45, 2.75) is 58.3 Å². The van der Waals surface area contributed by atoms with Gasteiger partial charge in [0.05, 0.1) is 54.8 Å². The SMILES string of the molecule is CCCCCCCCCCOC(=O)c1c(C(=O)OC)c(-c2ccc(OC)c(OC)c2)c2c(OC)c(OC)c(OC)cc2c1OCOC. The summed E-state index contributed by atoms with van der Waals surface area (Å²) in [6.07, 6.45) is 8.67. The van der Waals surface area contributed by atoms with E-state index in [1.165, 1.54) is 75.5 Å². The van der Waals surface area contributed by atoms with Crippen LogP contribution in [0.5, 0.6) is 34.5 Å². The van der Waals surface area contributed by atoms with Gasteiger partial charge in [0.2, 0.25) is 5.75 Å². The highest BCUT2D eigenvalue weighted by Crippen LogP contribution is 2.53. The number of ether oxygens (including phenoxy) is 9. The Balaban J connectivity index is 2.33. The van der Waals surface area contributed by atoms with Gasteiger partial charge in [0, 0.05) is 23.4 Å². The van der Waals surface area contributed by atoms with Crippen molar-refractivity contribution in [1.82, 2.24) is 0 Å². The molecule has 3 rings (SSSR count). The van der Waals surface area contributed by atoms with Gasteiger partial charge in [-0.2, -0.15) is 0 Å². The maximum Gasteiger partial charge on any atom is 0.342 e. The number of hydrogen-bond acceptors (Lipinski definition) is 11. The average molecular weight is 657 g/mol. The molecule has 0 atom stereocenters. The number of benzene rings is 3. The first-order valence-corrected chi connectivity index (χ1v) is 15.8. The van der Waals surface area contributed by atoms with Crippen LogP contribution < -0.4 is 28.4 Å². The molecule has 0 bridgehead atoms. The fourth-order valence-electron chi connectivity index (χ4n) is 5.60. The molecule has 0 amide bonds. The zero-order valence-corrected chi connectivity index (χ0v) is 28.9. The Kier molecular flexibility index (Phi) is 14.7. The highest BCUT2D eigenvalue weighted by molar-refractivity contribution is 6.20. The number of fused-ring (bicyclic) bond motifs is 1. The zero-order valence-electron chi connectivity index (χ0n) is 28.9. The molecule has 0 spiro atoms.